The normalized spacial score (nSPS) is 22.8. The summed E-state index contributed by atoms with van der Waals surface area (Å²) in [6, 6.07) is 4.42. The lowest BCUT2D eigenvalue weighted by atomic mass is 10.2. The fourth-order valence-electron chi connectivity index (χ4n) is 2.40. The second kappa shape index (κ2) is 5.76. The fourth-order valence-corrected chi connectivity index (χ4v) is 3.06. The van der Waals surface area contributed by atoms with E-state index in [2.05, 4.69) is 23.6 Å². The SMILES string of the molecule is CCN1CCN(CC(=O)c2cccs2)CC1C. The molecule has 1 atom stereocenters. The second-order valence-electron chi connectivity index (χ2n) is 4.61. The third kappa shape index (κ3) is 3.15. The van der Waals surface area contributed by atoms with Crippen molar-refractivity contribution in [3.8, 4) is 0 Å². The standard InChI is InChI=1S/C13H20N2OS/c1-3-15-7-6-14(9-11(15)2)10-12(16)13-5-4-8-17-13/h4-5,8,11H,3,6-7,9-10H2,1-2H3. The summed E-state index contributed by atoms with van der Waals surface area (Å²) in [5.74, 6) is 0.261. The smallest absolute Gasteiger partial charge is 0.186 e. The molecule has 2 heterocycles. The van der Waals surface area contributed by atoms with Gasteiger partial charge in [0.25, 0.3) is 0 Å². The molecule has 94 valence electrons. The molecule has 1 aromatic rings. The molecule has 1 unspecified atom stereocenters. The summed E-state index contributed by atoms with van der Waals surface area (Å²) in [6.07, 6.45) is 0. The lowest BCUT2D eigenvalue weighted by molar-refractivity contribution is 0.0726. The average Bonchev–Trinajstić information content (AvgIpc) is 2.82. The summed E-state index contributed by atoms with van der Waals surface area (Å²) in [6.45, 7) is 9.21. The molecule has 2 rings (SSSR count). The van der Waals surface area contributed by atoms with Gasteiger partial charge in [-0.25, -0.2) is 0 Å². The van der Waals surface area contributed by atoms with Gasteiger partial charge in [0.2, 0.25) is 0 Å². The number of ketones is 1. The largest absolute Gasteiger partial charge is 0.298 e. The van der Waals surface area contributed by atoms with Crippen molar-refractivity contribution in [2.24, 2.45) is 0 Å². The molecule has 0 spiro atoms. The number of piperazine rings is 1. The van der Waals surface area contributed by atoms with Gasteiger partial charge >= 0.3 is 0 Å². The molecule has 0 N–H and O–H groups in total. The molecule has 3 nitrogen and oxygen atoms in total. The summed E-state index contributed by atoms with van der Waals surface area (Å²) in [5, 5.41) is 1.96. The molecule has 0 amide bonds. The summed E-state index contributed by atoms with van der Waals surface area (Å²) in [4.78, 5) is 17.6. The van der Waals surface area contributed by atoms with Gasteiger partial charge in [-0.3, -0.25) is 14.6 Å². The Labute approximate surface area is 107 Å². The lowest BCUT2D eigenvalue weighted by Crippen LogP contribution is -2.52. The van der Waals surface area contributed by atoms with Crippen LogP contribution in [0.2, 0.25) is 0 Å². The van der Waals surface area contributed by atoms with Crippen molar-refractivity contribution in [3.05, 3.63) is 22.4 Å². The first-order valence-corrected chi connectivity index (χ1v) is 7.11. The van der Waals surface area contributed by atoms with E-state index in [4.69, 9.17) is 0 Å². The first kappa shape index (κ1) is 12.7. The van der Waals surface area contributed by atoms with Crippen LogP contribution in [0.3, 0.4) is 0 Å². The van der Waals surface area contributed by atoms with E-state index in [0.717, 1.165) is 31.1 Å². The Morgan fingerprint density at radius 1 is 1.53 bits per heavy atom. The maximum Gasteiger partial charge on any atom is 0.186 e. The number of hydrogen-bond donors (Lipinski definition) is 0. The minimum Gasteiger partial charge on any atom is -0.298 e. The molecular weight excluding hydrogens is 232 g/mol. The van der Waals surface area contributed by atoms with E-state index in [-0.39, 0.29) is 5.78 Å². The predicted molar refractivity (Wildman–Crippen MR) is 71.8 cm³/mol. The van der Waals surface area contributed by atoms with Gasteiger partial charge in [-0.05, 0) is 24.9 Å². The quantitative estimate of drug-likeness (QED) is 0.765. The van der Waals surface area contributed by atoms with Crippen LogP contribution in [-0.2, 0) is 0 Å². The Kier molecular flexibility index (Phi) is 4.31. The van der Waals surface area contributed by atoms with Gasteiger partial charge in [0.15, 0.2) is 5.78 Å². The minimum absolute atomic E-state index is 0.261. The Bertz CT molecular complexity index is 364. The monoisotopic (exact) mass is 252 g/mol. The number of nitrogens with zero attached hydrogens (tertiary/aromatic N) is 2. The van der Waals surface area contributed by atoms with Crippen molar-refractivity contribution in [2.75, 3.05) is 32.7 Å². The maximum atomic E-state index is 12.0. The van der Waals surface area contributed by atoms with E-state index in [9.17, 15) is 4.79 Å². The summed E-state index contributed by atoms with van der Waals surface area (Å²) in [7, 11) is 0. The number of thiophene rings is 1. The highest BCUT2D eigenvalue weighted by Crippen LogP contribution is 2.13. The highest BCUT2D eigenvalue weighted by atomic mass is 32.1. The summed E-state index contributed by atoms with van der Waals surface area (Å²) >= 11 is 1.54. The topological polar surface area (TPSA) is 23.6 Å². The van der Waals surface area contributed by atoms with E-state index in [1.54, 1.807) is 0 Å². The van der Waals surface area contributed by atoms with Gasteiger partial charge in [0.1, 0.15) is 0 Å². The maximum absolute atomic E-state index is 12.0. The summed E-state index contributed by atoms with van der Waals surface area (Å²) in [5.41, 5.74) is 0. The number of carbonyl (C=O) groups is 1. The van der Waals surface area contributed by atoms with Crippen LogP contribution < -0.4 is 0 Å². The highest BCUT2D eigenvalue weighted by Gasteiger charge is 2.23. The third-order valence-corrected chi connectivity index (χ3v) is 4.33. The predicted octanol–water partition coefficient (Wildman–Crippen LogP) is 1.96. The highest BCUT2D eigenvalue weighted by molar-refractivity contribution is 7.12. The lowest BCUT2D eigenvalue weighted by Gasteiger charge is -2.38. The molecule has 0 saturated carbocycles. The van der Waals surface area contributed by atoms with Gasteiger partial charge in [0, 0.05) is 25.7 Å². The van der Waals surface area contributed by atoms with Crippen LogP contribution in [0.1, 0.15) is 23.5 Å². The zero-order valence-electron chi connectivity index (χ0n) is 10.6. The first-order valence-electron chi connectivity index (χ1n) is 6.23. The van der Waals surface area contributed by atoms with E-state index in [1.807, 2.05) is 17.5 Å². The van der Waals surface area contributed by atoms with Crippen molar-refractivity contribution in [2.45, 2.75) is 19.9 Å². The average molecular weight is 252 g/mol. The molecule has 4 heteroatoms. The van der Waals surface area contributed by atoms with E-state index in [1.165, 1.54) is 11.3 Å². The van der Waals surface area contributed by atoms with Crippen LogP contribution in [-0.4, -0.2) is 54.3 Å². The Balaban J connectivity index is 1.87. The van der Waals surface area contributed by atoms with Crippen LogP contribution >= 0.6 is 11.3 Å². The number of likely N-dealkylation sites (N-methyl/N-ethyl adjacent to an activating group) is 1. The molecule has 1 aliphatic rings. The minimum atomic E-state index is 0.261. The molecule has 17 heavy (non-hydrogen) atoms. The zero-order chi connectivity index (χ0) is 12.3. The number of rotatable bonds is 4. The third-order valence-electron chi connectivity index (χ3n) is 3.42. The fraction of sp³-hybridized carbons (Fsp3) is 0.615. The molecule has 0 radical (unpaired) electrons. The van der Waals surface area contributed by atoms with Crippen molar-refractivity contribution < 1.29 is 4.79 Å². The molecule has 1 aromatic heterocycles. The Morgan fingerprint density at radius 3 is 2.94 bits per heavy atom. The van der Waals surface area contributed by atoms with Gasteiger partial charge < -0.3 is 0 Å². The van der Waals surface area contributed by atoms with Gasteiger partial charge in [0.05, 0.1) is 11.4 Å². The van der Waals surface area contributed by atoms with Crippen molar-refractivity contribution >= 4 is 17.1 Å². The van der Waals surface area contributed by atoms with Gasteiger partial charge in [-0.1, -0.05) is 13.0 Å². The van der Waals surface area contributed by atoms with Crippen molar-refractivity contribution in [1.82, 2.24) is 9.80 Å². The van der Waals surface area contributed by atoms with E-state index >= 15 is 0 Å². The van der Waals surface area contributed by atoms with Crippen LogP contribution in [0.25, 0.3) is 0 Å². The molecule has 1 aliphatic heterocycles. The van der Waals surface area contributed by atoms with Crippen molar-refractivity contribution in [3.63, 3.8) is 0 Å². The van der Waals surface area contributed by atoms with Crippen molar-refractivity contribution in [1.29, 1.82) is 0 Å². The van der Waals surface area contributed by atoms with Crippen LogP contribution in [0.5, 0.6) is 0 Å². The van der Waals surface area contributed by atoms with Crippen LogP contribution in [0, 0.1) is 0 Å². The van der Waals surface area contributed by atoms with E-state index in [0.29, 0.717) is 12.6 Å². The molecule has 1 saturated heterocycles. The Hall–Kier alpha value is -0.710. The molecule has 1 fully saturated rings. The molecule has 0 aromatic carbocycles. The molecule has 0 aliphatic carbocycles. The zero-order valence-corrected chi connectivity index (χ0v) is 11.4. The molecular formula is C13H20N2OS. The van der Waals surface area contributed by atoms with Gasteiger partial charge in [-0.15, -0.1) is 11.3 Å². The van der Waals surface area contributed by atoms with E-state index < -0.39 is 0 Å². The number of hydrogen-bond acceptors (Lipinski definition) is 4. The Morgan fingerprint density at radius 2 is 2.35 bits per heavy atom. The number of carbonyl (C=O) groups excluding carboxylic acids is 1. The number of Topliss-reactive ketones (excluding diaryl/α,β-unsaturated/α-hetero) is 1. The summed E-state index contributed by atoms with van der Waals surface area (Å²) < 4.78 is 0. The second-order valence-corrected chi connectivity index (χ2v) is 5.56. The first-order chi connectivity index (χ1) is 8.20. The molecule has 0 bridgehead atoms. The van der Waals surface area contributed by atoms with Crippen LogP contribution in [0.4, 0.5) is 0 Å². The van der Waals surface area contributed by atoms with Gasteiger partial charge in [-0.2, -0.15) is 0 Å². The van der Waals surface area contributed by atoms with Crippen LogP contribution in [0.15, 0.2) is 17.5 Å².